The molecule has 0 aromatic heterocycles. The predicted octanol–water partition coefficient (Wildman–Crippen LogP) is 2.83. The van der Waals surface area contributed by atoms with Gasteiger partial charge in [0, 0.05) is 19.4 Å². The lowest BCUT2D eigenvalue weighted by Crippen LogP contribution is -2.24. The Morgan fingerprint density at radius 3 is 2.17 bits per heavy atom. The zero-order valence-electron chi connectivity index (χ0n) is 11.6. The van der Waals surface area contributed by atoms with Gasteiger partial charge in [-0.2, -0.15) is 0 Å². The SMILES string of the molecule is CCCCCCCC(=O)NCCCCCC([NH])=O. The first-order chi connectivity index (χ1) is 8.66. The second kappa shape index (κ2) is 12.4. The molecule has 0 saturated heterocycles. The van der Waals surface area contributed by atoms with Gasteiger partial charge in [-0.05, 0) is 19.3 Å². The monoisotopic (exact) mass is 255 g/mol. The van der Waals surface area contributed by atoms with Crippen molar-refractivity contribution in [1.82, 2.24) is 11.1 Å². The molecule has 4 nitrogen and oxygen atoms in total. The molecule has 0 rings (SSSR count). The molecule has 0 spiro atoms. The molecule has 0 unspecified atom stereocenters. The van der Waals surface area contributed by atoms with Crippen LogP contribution < -0.4 is 11.1 Å². The minimum Gasteiger partial charge on any atom is -0.356 e. The fraction of sp³-hybridized carbons (Fsp3) is 0.857. The van der Waals surface area contributed by atoms with Crippen LogP contribution in [-0.2, 0) is 9.59 Å². The fourth-order valence-corrected chi connectivity index (χ4v) is 1.79. The lowest BCUT2D eigenvalue weighted by molar-refractivity contribution is -0.121. The van der Waals surface area contributed by atoms with Gasteiger partial charge in [-0.1, -0.05) is 39.0 Å². The van der Waals surface area contributed by atoms with Crippen LogP contribution in [0, 0.1) is 0 Å². The Hall–Kier alpha value is -1.06. The second-order valence-corrected chi connectivity index (χ2v) is 4.75. The highest BCUT2D eigenvalue weighted by molar-refractivity contribution is 5.75. The standard InChI is InChI=1S/C14H27N2O2/c1-2-3-4-5-8-11-14(18)16-12-9-6-7-10-13(15)17/h15H,2-12H2,1H3,(H,16,18). The Morgan fingerprint density at radius 2 is 1.50 bits per heavy atom. The Balaban J connectivity index is 3.19. The van der Waals surface area contributed by atoms with E-state index in [0.29, 0.717) is 19.4 Å². The van der Waals surface area contributed by atoms with Gasteiger partial charge in [0.1, 0.15) is 0 Å². The first kappa shape index (κ1) is 16.9. The van der Waals surface area contributed by atoms with E-state index in [2.05, 4.69) is 12.2 Å². The Morgan fingerprint density at radius 1 is 0.889 bits per heavy atom. The average Bonchev–Trinajstić information content (AvgIpc) is 2.33. The minimum atomic E-state index is -0.494. The van der Waals surface area contributed by atoms with E-state index in [1.165, 1.54) is 19.3 Å². The Bertz CT molecular complexity index is 230. The van der Waals surface area contributed by atoms with Crippen LogP contribution in [0.15, 0.2) is 0 Å². The molecule has 0 aromatic rings. The van der Waals surface area contributed by atoms with Gasteiger partial charge in [-0.3, -0.25) is 15.3 Å². The smallest absolute Gasteiger partial charge is 0.238 e. The van der Waals surface area contributed by atoms with Gasteiger partial charge in [0.25, 0.3) is 0 Å². The van der Waals surface area contributed by atoms with E-state index in [1.54, 1.807) is 0 Å². The molecule has 18 heavy (non-hydrogen) atoms. The van der Waals surface area contributed by atoms with Crippen molar-refractivity contribution < 1.29 is 9.59 Å². The maximum atomic E-state index is 11.4. The van der Waals surface area contributed by atoms with Crippen molar-refractivity contribution >= 4 is 11.8 Å². The summed E-state index contributed by atoms with van der Waals surface area (Å²) >= 11 is 0. The molecule has 2 amide bonds. The molecule has 0 aliphatic rings. The van der Waals surface area contributed by atoms with E-state index in [1.807, 2.05) is 0 Å². The van der Waals surface area contributed by atoms with E-state index >= 15 is 0 Å². The number of rotatable bonds is 12. The van der Waals surface area contributed by atoms with Crippen molar-refractivity contribution in [2.45, 2.75) is 71.1 Å². The summed E-state index contributed by atoms with van der Waals surface area (Å²) in [4.78, 5) is 21.8. The third-order valence-electron chi connectivity index (χ3n) is 2.91. The molecule has 0 aromatic carbocycles. The van der Waals surface area contributed by atoms with E-state index in [4.69, 9.17) is 5.73 Å². The molecule has 0 bridgehead atoms. The number of hydrogen-bond donors (Lipinski definition) is 1. The van der Waals surface area contributed by atoms with Crippen molar-refractivity contribution in [1.29, 1.82) is 0 Å². The summed E-state index contributed by atoms with van der Waals surface area (Å²) in [6.07, 6.45) is 9.38. The largest absolute Gasteiger partial charge is 0.356 e. The number of carbonyl (C=O) groups is 2. The summed E-state index contributed by atoms with van der Waals surface area (Å²) < 4.78 is 0. The van der Waals surface area contributed by atoms with Crippen LogP contribution in [0.1, 0.15) is 71.1 Å². The average molecular weight is 255 g/mol. The summed E-state index contributed by atoms with van der Waals surface area (Å²) in [7, 11) is 0. The van der Waals surface area contributed by atoms with Crippen LogP contribution in [0.25, 0.3) is 0 Å². The fourth-order valence-electron chi connectivity index (χ4n) is 1.79. The third kappa shape index (κ3) is 13.0. The number of carbonyl (C=O) groups excluding carboxylic acids is 2. The van der Waals surface area contributed by atoms with E-state index < -0.39 is 5.91 Å². The van der Waals surface area contributed by atoms with Crippen LogP contribution in [0.5, 0.6) is 0 Å². The molecule has 0 heterocycles. The van der Waals surface area contributed by atoms with Crippen LogP contribution in [0.2, 0.25) is 0 Å². The molecule has 2 N–H and O–H groups in total. The van der Waals surface area contributed by atoms with Gasteiger partial charge >= 0.3 is 0 Å². The molecule has 1 radical (unpaired) electrons. The van der Waals surface area contributed by atoms with Crippen LogP contribution in [-0.4, -0.2) is 18.4 Å². The van der Waals surface area contributed by atoms with E-state index in [9.17, 15) is 9.59 Å². The molecule has 0 saturated carbocycles. The van der Waals surface area contributed by atoms with E-state index in [-0.39, 0.29) is 5.91 Å². The molecule has 0 aliphatic carbocycles. The third-order valence-corrected chi connectivity index (χ3v) is 2.91. The predicted molar refractivity (Wildman–Crippen MR) is 73.0 cm³/mol. The van der Waals surface area contributed by atoms with Gasteiger partial charge in [0.2, 0.25) is 11.8 Å². The highest BCUT2D eigenvalue weighted by Crippen LogP contribution is 2.04. The number of unbranched alkanes of at least 4 members (excludes halogenated alkanes) is 6. The number of nitrogens with one attached hydrogen (secondary N) is 2. The lowest BCUT2D eigenvalue weighted by Gasteiger charge is -2.04. The Kier molecular flexibility index (Phi) is 11.7. The first-order valence-electron chi connectivity index (χ1n) is 7.18. The summed E-state index contributed by atoms with van der Waals surface area (Å²) in [6, 6.07) is 0. The van der Waals surface area contributed by atoms with Gasteiger partial charge in [0.15, 0.2) is 0 Å². The van der Waals surface area contributed by atoms with E-state index in [0.717, 1.165) is 32.1 Å². The van der Waals surface area contributed by atoms with Gasteiger partial charge in [-0.25, -0.2) is 0 Å². The molecular weight excluding hydrogens is 228 g/mol. The summed E-state index contributed by atoms with van der Waals surface area (Å²) in [5.41, 5.74) is 6.74. The van der Waals surface area contributed by atoms with Gasteiger partial charge < -0.3 is 5.32 Å². The first-order valence-corrected chi connectivity index (χ1v) is 7.18. The zero-order valence-corrected chi connectivity index (χ0v) is 11.6. The van der Waals surface area contributed by atoms with Crippen molar-refractivity contribution in [2.75, 3.05) is 6.54 Å². The van der Waals surface area contributed by atoms with Crippen molar-refractivity contribution in [3.05, 3.63) is 0 Å². The Labute approximate surface area is 111 Å². The maximum Gasteiger partial charge on any atom is 0.238 e. The molecule has 0 atom stereocenters. The quantitative estimate of drug-likeness (QED) is 0.545. The van der Waals surface area contributed by atoms with Crippen LogP contribution in [0.4, 0.5) is 0 Å². The van der Waals surface area contributed by atoms with Gasteiger partial charge in [0.05, 0.1) is 0 Å². The van der Waals surface area contributed by atoms with Crippen LogP contribution in [0.3, 0.4) is 0 Å². The van der Waals surface area contributed by atoms with Gasteiger partial charge in [-0.15, -0.1) is 0 Å². The molecule has 0 aliphatic heterocycles. The molecule has 105 valence electrons. The summed E-state index contributed by atoms with van der Waals surface area (Å²) in [5.74, 6) is -0.353. The maximum absolute atomic E-state index is 11.4. The zero-order chi connectivity index (χ0) is 13.6. The highest BCUT2D eigenvalue weighted by Gasteiger charge is 2.00. The minimum absolute atomic E-state index is 0.142. The second-order valence-electron chi connectivity index (χ2n) is 4.75. The molecule has 0 fully saturated rings. The molecular formula is C14H27N2O2. The van der Waals surface area contributed by atoms with Crippen molar-refractivity contribution in [3.63, 3.8) is 0 Å². The summed E-state index contributed by atoms with van der Waals surface area (Å²) in [5, 5.41) is 2.89. The topological polar surface area (TPSA) is 70.0 Å². The van der Waals surface area contributed by atoms with Crippen LogP contribution >= 0.6 is 0 Å². The van der Waals surface area contributed by atoms with Crippen molar-refractivity contribution in [3.8, 4) is 0 Å². The molecule has 4 heteroatoms. The lowest BCUT2D eigenvalue weighted by atomic mass is 10.1. The number of hydrogen-bond acceptors (Lipinski definition) is 2. The highest BCUT2D eigenvalue weighted by atomic mass is 16.1. The number of amides is 2. The summed E-state index contributed by atoms with van der Waals surface area (Å²) in [6.45, 7) is 2.88. The van der Waals surface area contributed by atoms with Crippen molar-refractivity contribution in [2.24, 2.45) is 0 Å². The normalized spacial score (nSPS) is 10.3.